The molecular weight excluding hydrogens is 404 g/mol. The maximum absolute atomic E-state index is 12.2. The largest absolute Gasteiger partial charge is 0.462 e. The van der Waals surface area contributed by atoms with Crippen molar-refractivity contribution in [3.63, 3.8) is 0 Å². The van der Waals surface area contributed by atoms with Crippen LogP contribution in [-0.4, -0.2) is 32.2 Å². The molecule has 0 N–H and O–H groups in total. The van der Waals surface area contributed by atoms with E-state index in [1.165, 1.54) is 11.3 Å². The highest BCUT2D eigenvalue weighted by Crippen LogP contribution is 2.33. The average molecular weight is 417 g/mol. The smallest absolute Gasteiger partial charge is 0.348 e. The molecule has 0 aliphatic rings. The van der Waals surface area contributed by atoms with Gasteiger partial charge in [-0.3, -0.25) is 0 Å². The summed E-state index contributed by atoms with van der Waals surface area (Å²) >= 11 is 4.85. The zero-order chi connectivity index (χ0) is 17.6. The molecule has 3 heterocycles. The monoisotopic (exact) mass is 416 g/mol. The second-order valence-electron chi connectivity index (χ2n) is 5.38. The Labute approximate surface area is 155 Å². The Bertz CT molecular complexity index is 1120. The van der Waals surface area contributed by atoms with Crippen molar-refractivity contribution < 1.29 is 9.53 Å². The first-order valence-electron chi connectivity index (χ1n) is 7.66. The standard InChI is InChI=1S/C17H13BrN4O2S/c1-3-24-17(23)13-9(2)12-15-20-14(10-6-4-5-7-11(10)18)21-22(15)8-19-16(12)25-13/h4-8H,3H2,1-2H3. The van der Waals surface area contributed by atoms with Gasteiger partial charge in [-0.2, -0.15) is 0 Å². The number of halogens is 1. The van der Waals surface area contributed by atoms with Crippen molar-refractivity contribution in [2.24, 2.45) is 0 Å². The molecule has 0 aliphatic heterocycles. The maximum Gasteiger partial charge on any atom is 0.348 e. The number of aromatic nitrogens is 4. The highest BCUT2D eigenvalue weighted by Gasteiger charge is 2.21. The highest BCUT2D eigenvalue weighted by molar-refractivity contribution is 9.10. The number of nitrogens with zero attached hydrogens (tertiary/aromatic N) is 4. The predicted molar refractivity (Wildman–Crippen MR) is 100.0 cm³/mol. The van der Waals surface area contributed by atoms with Crippen molar-refractivity contribution in [2.75, 3.05) is 6.61 Å². The third-order valence-electron chi connectivity index (χ3n) is 3.84. The minimum absolute atomic E-state index is 0.327. The van der Waals surface area contributed by atoms with E-state index in [0.717, 1.165) is 25.8 Å². The molecule has 0 spiro atoms. The number of hydrogen-bond acceptors (Lipinski definition) is 6. The summed E-state index contributed by atoms with van der Waals surface area (Å²) in [6.07, 6.45) is 1.62. The highest BCUT2D eigenvalue weighted by atomic mass is 79.9. The Morgan fingerprint density at radius 1 is 1.36 bits per heavy atom. The lowest BCUT2D eigenvalue weighted by Crippen LogP contribution is -2.03. The molecular formula is C17H13BrN4O2S. The van der Waals surface area contributed by atoms with Crippen LogP contribution in [0.4, 0.5) is 0 Å². The Balaban J connectivity index is 1.95. The van der Waals surface area contributed by atoms with Gasteiger partial charge in [0.05, 0.1) is 12.0 Å². The van der Waals surface area contributed by atoms with Gasteiger partial charge in [0, 0.05) is 10.0 Å². The number of carbonyl (C=O) groups is 1. The molecule has 25 heavy (non-hydrogen) atoms. The van der Waals surface area contributed by atoms with Crippen LogP contribution in [0.2, 0.25) is 0 Å². The van der Waals surface area contributed by atoms with E-state index < -0.39 is 0 Å². The second kappa shape index (κ2) is 6.20. The lowest BCUT2D eigenvalue weighted by Gasteiger charge is -1.99. The van der Waals surface area contributed by atoms with Gasteiger partial charge in [0.15, 0.2) is 11.5 Å². The van der Waals surface area contributed by atoms with Crippen LogP contribution >= 0.6 is 27.3 Å². The number of ether oxygens (including phenoxy) is 1. The molecule has 126 valence electrons. The van der Waals surface area contributed by atoms with Crippen molar-refractivity contribution in [3.8, 4) is 11.4 Å². The van der Waals surface area contributed by atoms with Gasteiger partial charge in [0.1, 0.15) is 16.0 Å². The molecule has 1 aromatic carbocycles. The summed E-state index contributed by atoms with van der Waals surface area (Å²) in [6, 6.07) is 7.78. The summed E-state index contributed by atoms with van der Waals surface area (Å²) in [5.41, 5.74) is 2.40. The molecule has 0 saturated carbocycles. The molecule has 4 aromatic rings. The Morgan fingerprint density at radius 3 is 2.92 bits per heavy atom. The lowest BCUT2D eigenvalue weighted by atomic mass is 10.2. The van der Waals surface area contributed by atoms with Gasteiger partial charge in [-0.15, -0.1) is 16.4 Å². The van der Waals surface area contributed by atoms with E-state index >= 15 is 0 Å². The van der Waals surface area contributed by atoms with Crippen LogP contribution < -0.4 is 0 Å². The van der Waals surface area contributed by atoms with Gasteiger partial charge >= 0.3 is 5.97 Å². The van der Waals surface area contributed by atoms with Crippen LogP contribution in [0.3, 0.4) is 0 Å². The number of esters is 1. The summed E-state index contributed by atoms with van der Waals surface area (Å²) in [7, 11) is 0. The third-order valence-corrected chi connectivity index (χ3v) is 5.71. The Morgan fingerprint density at radius 2 is 2.16 bits per heavy atom. The molecule has 0 radical (unpaired) electrons. The fourth-order valence-corrected chi connectivity index (χ4v) is 4.18. The quantitative estimate of drug-likeness (QED) is 0.466. The van der Waals surface area contributed by atoms with Crippen LogP contribution in [-0.2, 0) is 4.74 Å². The van der Waals surface area contributed by atoms with Gasteiger partial charge in [-0.05, 0) is 31.5 Å². The van der Waals surface area contributed by atoms with Crippen molar-refractivity contribution in [1.29, 1.82) is 0 Å². The summed E-state index contributed by atoms with van der Waals surface area (Å²) < 4.78 is 7.70. The second-order valence-corrected chi connectivity index (χ2v) is 7.24. The van der Waals surface area contributed by atoms with Crippen molar-refractivity contribution in [1.82, 2.24) is 19.6 Å². The molecule has 6 nitrogen and oxygen atoms in total. The van der Waals surface area contributed by atoms with Crippen LogP contribution in [0.25, 0.3) is 27.3 Å². The average Bonchev–Trinajstić information content (AvgIpc) is 3.16. The Hall–Kier alpha value is -2.32. The first kappa shape index (κ1) is 16.2. The fourth-order valence-electron chi connectivity index (χ4n) is 2.68. The molecule has 0 amide bonds. The number of aryl methyl sites for hydroxylation is 1. The van der Waals surface area contributed by atoms with E-state index in [2.05, 4.69) is 31.0 Å². The SMILES string of the molecule is CCOC(=O)c1sc2ncn3nc(-c4ccccc4Br)nc3c2c1C. The third kappa shape index (κ3) is 2.61. The van der Waals surface area contributed by atoms with Crippen molar-refractivity contribution >= 4 is 49.1 Å². The minimum atomic E-state index is -0.327. The van der Waals surface area contributed by atoms with E-state index in [9.17, 15) is 4.79 Å². The zero-order valence-electron chi connectivity index (χ0n) is 13.5. The first-order valence-corrected chi connectivity index (χ1v) is 9.27. The van der Waals surface area contributed by atoms with Crippen LogP contribution in [0.15, 0.2) is 35.1 Å². The van der Waals surface area contributed by atoms with Gasteiger partial charge in [0.2, 0.25) is 0 Å². The minimum Gasteiger partial charge on any atom is -0.462 e. The van der Waals surface area contributed by atoms with E-state index in [-0.39, 0.29) is 5.97 Å². The van der Waals surface area contributed by atoms with Crippen LogP contribution in [0, 0.1) is 6.92 Å². The maximum atomic E-state index is 12.2. The molecule has 0 fully saturated rings. The van der Waals surface area contributed by atoms with Gasteiger partial charge in [-0.1, -0.05) is 28.1 Å². The van der Waals surface area contributed by atoms with E-state index in [4.69, 9.17) is 4.74 Å². The zero-order valence-corrected chi connectivity index (χ0v) is 15.9. The number of hydrogen-bond donors (Lipinski definition) is 0. The van der Waals surface area contributed by atoms with Gasteiger partial charge < -0.3 is 4.74 Å². The Kier molecular flexibility index (Phi) is 4.01. The topological polar surface area (TPSA) is 69.4 Å². The van der Waals surface area contributed by atoms with E-state index in [0.29, 0.717) is 23.0 Å². The summed E-state index contributed by atoms with van der Waals surface area (Å²) in [4.78, 5) is 22.6. The van der Waals surface area contributed by atoms with E-state index in [1.54, 1.807) is 17.8 Å². The molecule has 3 aromatic heterocycles. The summed E-state index contributed by atoms with van der Waals surface area (Å²) in [5.74, 6) is 0.275. The summed E-state index contributed by atoms with van der Waals surface area (Å²) in [6.45, 7) is 4.02. The molecule has 8 heteroatoms. The molecule has 0 bridgehead atoms. The number of thiophene rings is 1. The van der Waals surface area contributed by atoms with Crippen molar-refractivity contribution in [2.45, 2.75) is 13.8 Å². The lowest BCUT2D eigenvalue weighted by molar-refractivity contribution is 0.0531. The summed E-state index contributed by atoms with van der Waals surface area (Å²) in [5, 5.41) is 5.36. The molecule has 0 saturated heterocycles. The molecule has 0 aliphatic carbocycles. The molecule has 0 unspecified atom stereocenters. The fraction of sp³-hybridized carbons (Fsp3) is 0.176. The van der Waals surface area contributed by atoms with Crippen LogP contribution in [0.5, 0.6) is 0 Å². The number of fused-ring (bicyclic) bond motifs is 3. The van der Waals surface area contributed by atoms with E-state index in [1.807, 2.05) is 31.2 Å². The number of rotatable bonds is 3. The predicted octanol–water partition coefficient (Wildman–Crippen LogP) is 4.25. The van der Waals surface area contributed by atoms with Crippen LogP contribution in [0.1, 0.15) is 22.2 Å². The number of benzene rings is 1. The molecule has 4 rings (SSSR count). The van der Waals surface area contributed by atoms with Gasteiger partial charge in [-0.25, -0.2) is 19.3 Å². The normalized spacial score (nSPS) is 11.3. The van der Waals surface area contributed by atoms with Gasteiger partial charge in [0.25, 0.3) is 0 Å². The van der Waals surface area contributed by atoms with Crippen molar-refractivity contribution in [3.05, 3.63) is 45.5 Å². The first-order chi connectivity index (χ1) is 12.1. The molecule has 0 atom stereocenters. The number of carbonyl (C=O) groups excluding carboxylic acids is 1.